The van der Waals surface area contributed by atoms with E-state index >= 15 is 0 Å². The second kappa shape index (κ2) is 5.34. The number of aromatic nitrogens is 1. The molecule has 0 fully saturated rings. The maximum absolute atomic E-state index is 5.84. The van der Waals surface area contributed by atoms with Gasteiger partial charge in [0.2, 0.25) is 0 Å². The summed E-state index contributed by atoms with van der Waals surface area (Å²) in [6.45, 7) is 3.54. The van der Waals surface area contributed by atoms with Gasteiger partial charge in [0, 0.05) is 24.2 Å². The van der Waals surface area contributed by atoms with Gasteiger partial charge in [-0.1, -0.05) is 28.9 Å². The van der Waals surface area contributed by atoms with Crippen LogP contribution in [0.5, 0.6) is 0 Å². The first-order chi connectivity index (χ1) is 8.13. The number of hydrogen-bond donors (Lipinski definition) is 0. The molecule has 0 amide bonds. The molecule has 0 spiro atoms. The summed E-state index contributed by atoms with van der Waals surface area (Å²) in [4.78, 5) is 2.18. The Morgan fingerprint density at radius 1 is 1.24 bits per heavy atom. The standard InChI is InChI=1S/C13H15ClN2O/c1-10-7-13(15-17-10)9-16(2)8-11-3-5-12(14)6-4-11/h3-7H,8-9H2,1-2H3. The van der Waals surface area contributed by atoms with Gasteiger partial charge in [0.1, 0.15) is 5.76 Å². The molecule has 0 unspecified atom stereocenters. The van der Waals surface area contributed by atoms with Gasteiger partial charge in [-0.05, 0) is 31.7 Å². The lowest BCUT2D eigenvalue weighted by Gasteiger charge is -2.14. The van der Waals surface area contributed by atoms with E-state index in [1.54, 1.807) is 0 Å². The van der Waals surface area contributed by atoms with Crippen LogP contribution in [0.2, 0.25) is 5.02 Å². The van der Waals surface area contributed by atoms with Gasteiger partial charge in [-0.3, -0.25) is 4.90 Å². The van der Waals surface area contributed by atoms with Crippen molar-refractivity contribution in [3.63, 3.8) is 0 Å². The van der Waals surface area contributed by atoms with Crippen molar-refractivity contribution in [2.45, 2.75) is 20.0 Å². The Kier molecular flexibility index (Phi) is 3.82. The number of nitrogens with zero attached hydrogens (tertiary/aromatic N) is 2. The third kappa shape index (κ3) is 3.58. The molecule has 3 nitrogen and oxygen atoms in total. The number of rotatable bonds is 4. The van der Waals surface area contributed by atoms with Crippen LogP contribution < -0.4 is 0 Å². The molecule has 0 atom stereocenters. The highest BCUT2D eigenvalue weighted by Crippen LogP contribution is 2.12. The van der Waals surface area contributed by atoms with Crippen LogP contribution in [0.3, 0.4) is 0 Å². The molecule has 90 valence electrons. The lowest BCUT2D eigenvalue weighted by molar-refractivity contribution is 0.302. The third-order valence-electron chi connectivity index (χ3n) is 2.47. The van der Waals surface area contributed by atoms with Crippen molar-refractivity contribution >= 4 is 11.6 Å². The Labute approximate surface area is 106 Å². The Hall–Kier alpha value is -1.32. The zero-order chi connectivity index (χ0) is 12.3. The first-order valence-electron chi connectivity index (χ1n) is 5.48. The highest BCUT2D eigenvalue weighted by molar-refractivity contribution is 6.30. The Balaban J connectivity index is 1.93. The monoisotopic (exact) mass is 250 g/mol. The van der Waals surface area contributed by atoms with Crippen LogP contribution in [0.25, 0.3) is 0 Å². The topological polar surface area (TPSA) is 29.3 Å². The normalized spacial score (nSPS) is 11.1. The van der Waals surface area contributed by atoms with Gasteiger partial charge in [0.05, 0.1) is 5.69 Å². The van der Waals surface area contributed by atoms with Gasteiger partial charge < -0.3 is 4.52 Å². The van der Waals surface area contributed by atoms with Crippen LogP contribution >= 0.6 is 11.6 Å². The van der Waals surface area contributed by atoms with Crippen molar-refractivity contribution in [1.82, 2.24) is 10.1 Å². The van der Waals surface area contributed by atoms with Gasteiger partial charge in [0.25, 0.3) is 0 Å². The van der Waals surface area contributed by atoms with Gasteiger partial charge >= 0.3 is 0 Å². The summed E-state index contributed by atoms with van der Waals surface area (Å²) in [6.07, 6.45) is 0. The molecule has 4 heteroatoms. The van der Waals surface area contributed by atoms with Crippen LogP contribution in [0.15, 0.2) is 34.9 Å². The summed E-state index contributed by atoms with van der Waals surface area (Å²) in [6, 6.07) is 9.84. The van der Waals surface area contributed by atoms with Gasteiger partial charge in [-0.25, -0.2) is 0 Å². The van der Waals surface area contributed by atoms with Crippen molar-refractivity contribution in [3.05, 3.63) is 52.4 Å². The lowest BCUT2D eigenvalue weighted by Crippen LogP contribution is -2.17. The molecular formula is C13H15ClN2O. The minimum Gasteiger partial charge on any atom is -0.361 e. The molecule has 2 aromatic rings. The first-order valence-corrected chi connectivity index (χ1v) is 5.86. The molecule has 1 aromatic heterocycles. The molecule has 2 rings (SSSR count). The smallest absolute Gasteiger partial charge is 0.133 e. The fraction of sp³-hybridized carbons (Fsp3) is 0.308. The van der Waals surface area contributed by atoms with Crippen molar-refractivity contribution in [2.75, 3.05) is 7.05 Å². The van der Waals surface area contributed by atoms with Crippen molar-refractivity contribution < 1.29 is 4.52 Å². The quantitative estimate of drug-likeness (QED) is 0.834. The number of aryl methyl sites for hydroxylation is 1. The average Bonchev–Trinajstić information content (AvgIpc) is 2.67. The molecule has 0 aliphatic rings. The molecule has 0 bridgehead atoms. The molecule has 0 saturated carbocycles. The Bertz CT molecular complexity index is 478. The molecule has 1 aromatic carbocycles. The molecule has 0 radical (unpaired) electrons. The minimum atomic E-state index is 0.767. The van der Waals surface area contributed by atoms with Gasteiger partial charge in [-0.2, -0.15) is 0 Å². The summed E-state index contributed by atoms with van der Waals surface area (Å²) in [7, 11) is 2.05. The Morgan fingerprint density at radius 2 is 1.94 bits per heavy atom. The van der Waals surface area contributed by atoms with E-state index < -0.39 is 0 Å². The summed E-state index contributed by atoms with van der Waals surface area (Å²) in [5.41, 5.74) is 2.19. The maximum Gasteiger partial charge on any atom is 0.133 e. The highest BCUT2D eigenvalue weighted by atomic mass is 35.5. The third-order valence-corrected chi connectivity index (χ3v) is 2.73. The van der Waals surface area contributed by atoms with Crippen LogP contribution in [-0.4, -0.2) is 17.1 Å². The van der Waals surface area contributed by atoms with E-state index in [9.17, 15) is 0 Å². The largest absolute Gasteiger partial charge is 0.361 e. The molecular weight excluding hydrogens is 236 g/mol. The number of benzene rings is 1. The molecule has 0 aliphatic heterocycles. The summed E-state index contributed by atoms with van der Waals surface area (Å²) in [5.74, 6) is 0.847. The average molecular weight is 251 g/mol. The second-order valence-electron chi connectivity index (χ2n) is 4.23. The molecule has 0 saturated heterocycles. The fourth-order valence-electron chi connectivity index (χ4n) is 1.73. The van der Waals surface area contributed by atoms with E-state index in [0.29, 0.717) is 0 Å². The van der Waals surface area contributed by atoms with Crippen LogP contribution in [-0.2, 0) is 13.1 Å². The molecule has 0 N–H and O–H groups in total. The summed E-state index contributed by atoms with van der Waals surface area (Å²) < 4.78 is 5.04. The Morgan fingerprint density at radius 3 is 2.53 bits per heavy atom. The predicted octanol–water partition coefficient (Wildman–Crippen LogP) is 3.27. The minimum absolute atomic E-state index is 0.767. The van der Waals surface area contributed by atoms with Crippen LogP contribution in [0, 0.1) is 6.92 Å². The van der Waals surface area contributed by atoms with Crippen molar-refractivity contribution in [1.29, 1.82) is 0 Å². The second-order valence-corrected chi connectivity index (χ2v) is 4.66. The summed E-state index contributed by atoms with van der Waals surface area (Å²) >= 11 is 5.84. The molecule has 1 heterocycles. The lowest BCUT2D eigenvalue weighted by atomic mass is 10.2. The van der Waals surface area contributed by atoms with Crippen LogP contribution in [0.1, 0.15) is 17.0 Å². The number of hydrogen-bond acceptors (Lipinski definition) is 3. The van der Waals surface area contributed by atoms with E-state index in [2.05, 4.69) is 17.1 Å². The summed E-state index contributed by atoms with van der Waals surface area (Å²) in [5, 5.41) is 4.74. The van der Waals surface area contributed by atoms with E-state index in [0.717, 1.165) is 29.6 Å². The molecule has 17 heavy (non-hydrogen) atoms. The molecule has 0 aliphatic carbocycles. The fourth-order valence-corrected chi connectivity index (χ4v) is 1.85. The highest BCUT2D eigenvalue weighted by Gasteiger charge is 2.05. The van der Waals surface area contributed by atoms with Gasteiger partial charge in [-0.15, -0.1) is 0 Å². The SMILES string of the molecule is Cc1cc(CN(C)Cc2ccc(Cl)cc2)no1. The van der Waals surface area contributed by atoms with Crippen LogP contribution in [0.4, 0.5) is 0 Å². The number of halogens is 1. The van der Waals surface area contributed by atoms with E-state index in [1.165, 1.54) is 5.56 Å². The van der Waals surface area contributed by atoms with Gasteiger partial charge in [0.15, 0.2) is 0 Å². The van der Waals surface area contributed by atoms with Crippen molar-refractivity contribution in [2.24, 2.45) is 0 Å². The first kappa shape index (κ1) is 12.1. The maximum atomic E-state index is 5.84. The zero-order valence-corrected chi connectivity index (χ0v) is 10.7. The van der Waals surface area contributed by atoms with E-state index in [1.807, 2.05) is 37.3 Å². The van der Waals surface area contributed by atoms with E-state index in [-0.39, 0.29) is 0 Å². The van der Waals surface area contributed by atoms with Crippen molar-refractivity contribution in [3.8, 4) is 0 Å². The zero-order valence-electron chi connectivity index (χ0n) is 9.98. The predicted molar refractivity (Wildman–Crippen MR) is 67.9 cm³/mol. The van der Waals surface area contributed by atoms with E-state index in [4.69, 9.17) is 16.1 Å².